The fraction of sp³-hybridized carbons (Fsp3) is 0.0357. The molecule has 1 saturated heterocycles. The number of carbonyl (C=O) groups excluding carboxylic acids is 3. The number of urea groups is 1. The third-order valence-electron chi connectivity index (χ3n) is 5.76. The molecule has 4 amide bonds. The smallest absolute Gasteiger partial charge is 0.335 e. The van der Waals surface area contributed by atoms with Gasteiger partial charge in [-0.2, -0.15) is 0 Å². The molecular formula is C28H18Cl2N2O4. The second kappa shape index (κ2) is 9.85. The average molecular weight is 517 g/mol. The Morgan fingerprint density at radius 1 is 0.806 bits per heavy atom. The van der Waals surface area contributed by atoms with E-state index in [9.17, 15) is 14.4 Å². The maximum absolute atomic E-state index is 13.4. The average Bonchev–Trinajstić information content (AvgIpc) is 2.87. The first-order chi connectivity index (χ1) is 17.4. The molecule has 4 aromatic carbocycles. The summed E-state index contributed by atoms with van der Waals surface area (Å²) in [6, 6.07) is 24.0. The number of hydrogen-bond donors (Lipinski definition) is 1. The van der Waals surface area contributed by atoms with Crippen molar-refractivity contribution < 1.29 is 19.1 Å². The summed E-state index contributed by atoms with van der Waals surface area (Å²) >= 11 is 12.5. The van der Waals surface area contributed by atoms with Gasteiger partial charge in [0.15, 0.2) is 0 Å². The number of ether oxygens (including phenoxy) is 1. The first-order valence-corrected chi connectivity index (χ1v) is 11.7. The van der Waals surface area contributed by atoms with Gasteiger partial charge in [-0.3, -0.25) is 14.9 Å². The van der Waals surface area contributed by atoms with E-state index < -0.39 is 17.8 Å². The van der Waals surface area contributed by atoms with Crippen molar-refractivity contribution in [2.24, 2.45) is 0 Å². The Bertz CT molecular complexity index is 1560. The summed E-state index contributed by atoms with van der Waals surface area (Å²) in [5.41, 5.74) is 1.25. The van der Waals surface area contributed by atoms with Crippen molar-refractivity contribution in [1.29, 1.82) is 0 Å². The van der Waals surface area contributed by atoms with Gasteiger partial charge in [0.1, 0.15) is 17.9 Å². The SMILES string of the molecule is O=C1NC(=O)N(c2ccccc2Cl)C(=O)/C1=C/c1c(OCc2ccccc2Cl)ccc2ccccc12. The third-order valence-corrected chi connectivity index (χ3v) is 6.44. The van der Waals surface area contributed by atoms with E-state index in [1.54, 1.807) is 30.3 Å². The van der Waals surface area contributed by atoms with Gasteiger partial charge < -0.3 is 4.74 Å². The quantitative estimate of drug-likeness (QED) is 0.246. The summed E-state index contributed by atoms with van der Waals surface area (Å²) in [6.45, 7) is 0.179. The van der Waals surface area contributed by atoms with E-state index in [-0.39, 0.29) is 22.9 Å². The Balaban J connectivity index is 1.60. The predicted molar refractivity (Wildman–Crippen MR) is 140 cm³/mol. The van der Waals surface area contributed by atoms with Crippen molar-refractivity contribution in [2.45, 2.75) is 6.61 Å². The van der Waals surface area contributed by atoms with Gasteiger partial charge in [0.2, 0.25) is 0 Å². The van der Waals surface area contributed by atoms with E-state index in [2.05, 4.69) is 5.32 Å². The lowest BCUT2D eigenvalue weighted by Crippen LogP contribution is -2.54. The number of benzene rings is 4. The second-order valence-corrected chi connectivity index (χ2v) is 8.80. The molecule has 6 nitrogen and oxygen atoms in total. The highest BCUT2D eigenvalue weighted by Gasteiger charge is 2.38. The summed E-state index contributed by atoms with van der Waals surface area (Å²) in [7, 11) is 0. The van der Waals surface area contributed by atoms with Crippen molar-refractivity contribution in [3.63, 3.8) is 0 Å². The van der Waals surface area contributed by atoms with Crippen LogP contribution in [0, 0.1) is 0 Å². The van der Waals surface area contributed by atoms with E-state index in [4.69, 9.17) is 27.9 Å². The summed E-state index contributed by atoms with van der Waals surface area (Å²) in [5.74, 6) is -1.15. The molecule has 1 aliphatic heterocycles. The number of amides is 4. The molecule has 0 aromatic heterocycles. The zero-order valence-corrected chi connectivity index (χ0v) is 20.2. The van der Waals surface area contributed by atoms with Crippen molar-refractivity contribution in [1.82, 2.24) is 5.32 Å². The summed E-state index contributed by atoms with van der Waals surface area (Å²) in [6.07, 6.45) is 1.44. The van der Waals surface area contributed by atoms with E-state index in [0.29, 0.717) is 16.3 Å². The highest BCUT2D eigenvalue weighted by Crippen LogP contribution is 2.34. The van der Waals surface area contributed by atoms with Gasteiger partial charge in [-0.15, -0.1) is 0 Å². The molecule has 1 heterocycles. The molecular weight excluding hydrogens is 499 g/mol. The Hall–Kier alpha value is -4.13. The number of para-hydroxylation sites is 1. The number of barbiturate groups is 1. The molecule has 8 heteroatoms. The van der Waals surface area contributed by atoms with Crippen LogP contribution in [0.15, 0.2) is 90.5 Å². The minimum Gasteiger partial charge on any atom is -0.488 e. The van der Waals surface area contributed by atoms with Crippen LogP contribution in [-0.2, 0) is 16.2 Å². The zero-order chi connectivity index (χ0) is 25.2. The van der Waals surface area contributed by atoms with Gasteiger partial charge in [-0.25, -0.2) is 9.69 Å². The first kappa shape index (κ1) is 23.6. The second-order valence-electron chi connectivity index (χ2n) is 7.99. The highest BCUT2D eigenvalue weighted by atomic mass is 35.5. The van der Waals surface area contributed by atoms with Crippen LogP contribution in [0.4, 0.5) is 10.5 Å². The van der Waals surface area contributed by atoms with Crippen molar-refractivity contribution in [3.8, 4) is 5.75 Å². The molecule has 0 radical (unpaired) electrons. The molecule has 0 aliphatic carbocycles. The normalized spacial score (nSPS) is 14.9. The molecule has 36 heavy (non-hydrogen) atoms. The van der Waals surface area contributed by atoms with Crippen LogP contribution in [0.3, 0.4) is 0 Å². The van der Waals surface area contributed by atoms with Gasteiger partial charge in [-0.1, -0.05) is 83.9 Å². The number of imide groups is 2. The molecule has 0 atom stereocenters. The molecule has 1 fully saturated rings. The van der Waals surface area contributed by atoms with Gasteiger partial charge in [-0.05, 0) is 41.1 Å². The molecule has 0 bridgehead atoms. The summed E-state index contributed by atoms with van der Waals surface area (Å²) in [5, 5.41) is 4.65. The van der Waals surface area contributed by atoms with Gasteiger partial charge in [0.25, 0.3) is 11.8 Å². The van der Waals surface area contributed by atoms with Gasteiger partial charge >= 0.3 is 6.03 Å². The lowest BCUT2D eigenvalue weighted by molar-refractivity contribution is -0.122. The maximum Gasteiger partial charge on any atom is 0.335 e. The van der Waals surface area contributed by atoms with Crippen LogP contribution in [0.25, 0.3) is 16.8 Å². The van der Waals surface area contributed by atoms with Crippen LogP contribution in [0.5, 0.6) is 5.75 Å². The zero-order valence-electron chi connectivity index (χ0n) is 18.7. The van der Waals surface area contributed by atoms with Crippen molar-refractivity contribution >= 4 is 63.6 Å². The number of nitrogens with zero attached hydrogens (tertiary/aromatic N) is 1. The van der Waals surface area contributed by atoms with Gasteiger partial charge in [0.05, 0.1) is 10.7 Å². The van der Waals surface area contributed by atoms with Gasteiger partial charge in [0, 0.05) is 16.1 Å². The third kappa shape index (κ3) is 4.44. The maximum atomic E-state index is 13.4. The fourth-order valence-corrected chi connectivity index (χ4v) is 4.39. The summed E-state index contributed by atoms with van der Waals surface area (Å²) < 4.78 is 6.10. The number of carbonyl (C=O) groups is 3. The number of hydrogen-bond acceptors (Lipinski definition) is 4. The Kier molecular flexibility index (Phi) is 6.46. The molecule has 1 N–H and O–H groups in total. The summed E-state index contributed by atoms with van der Waals surface area (Å²) in [4.78, 5) is 39.7. The minimum atomic E-state index is -0.872. The lowest BCUT2D eigenvalue weighted by atomic mass is 9.99. The number of fused-ring (bicyclic) bond motifs is 1. The van der Waals surface area contributed by atoms with Crippen LogP contribution in [-0.4, -0.2) is 17.8 Å². The van der Waals surface area contributed by atoms with Crippen molar-refractivity contribution in [3.05, 3.63) is 112 Å². The molecule has 178 valence electrons. The molecule has 0 spiro atoms. The van der Waals surface area contributed by atoms with Crippen LogP contribution < -0.4 is 15.0 Å². The van der Waals surface area contributed by atoms with Crippen molar-refractivity contribution in [2.75, 3.05) is 4.90 Å². The Morgan fingerprint density at radius 2 is 1.50 bits per heavy atom. The number of nitrogens with one attached hydrogen (secondary N) is 1. The molecule has 5 rings (SSSR count). The molecule has 1 aliphatic rings. The number of anilines is 1. The van der Waals surface area contributed by atoms with E-state index in [1.165, 1.54) is 12.1 Å². The highest BCUT2D eigenvalue weighted by molar-refractivity contribution is 6.42. The van der Waals surface area contributed by atoms with E-state index >= 15 is 0 Å². The largest absolute Gasteiger partial charge is 0.488 e. The first-order valence-electron chi connectivity index (χ1n) is 11.0. The molecule has 0 unspecified atom stereocenters. The van der Waals surface area contributed by atoms with Crippen LogP contribution in [0.1, 0.15) is 11.1 Å². The topological polar surface area (TPSA) is 75.7 Å². The fourth-order valence-electron chi connectivity index (χ4n) is 3.97. The van der Waals surface area contributed by atoms with E-state index in [0.717, 1.165) is 21.2 Å². The Morgan fingerprint density at radius 3 is 2.28 bits per heavy atom. The molecule has 4 aromatic rings. The number of halogens is 2. The lowest BCUT2D eigenvalue weighted by Gasteiger charge is -2.27. The van der Waals surface area contributed by atoms with Crippen LogP contribution >= 0.6 is 23.2 Å². The minimum absolute atomic E-state index is 0.174. The standard InChI is InChI=1S/C28H18Cl2N2O4/c29-22-10-4-2-8-18(22)16-36-25-14-13-17-7-1-3-9-19(17)20(25)15-21-26(33)31-28(35)32(27(21)34)24-12-6-5-11-23(24)30/h1-15H,16H2,(H,31,33,35)/b21-15+. The van der Waals surface area contributed by atoms with E-state index in [1.807, 2.05) is 48.5 Å². The Labute approximate surface area is 216 Å². The van der Waals surface area contributed by atoms with Crippen LogP contribution in [0.2, 0.25) is 10.0 Å². The molecule has 0 saturated carbocycles. The monoisotopic (exact) mass is 516 g/mol. The predicted octanol–water partition coefficient (Wildman–Crippen LogP) is 6.39. The number of rotatable bonds is 5.